The summed E-state index contributed by atoms with van der Waals surface area (Å²) in [7, 11) is 0. The van der Waals surface area contributed by atoms with E-state index >= 15 is 0 Å². The number of halogens is 8. The molecule has 0 bridgehead atoms. The van der Waals surface area contributed by atoms with Crippen LogP contribution in [0, 0.1) is 0 Å². The Labute approximate surface area is 417 Å². The van der Waals surface area contributed by atoms with Crippen molar-refractivity contribution in [2.45, 2.75) is 52.6 Å². The van der Waals surface area contributed by atoms with E-state index in [9.17, 15) is 28.8 Å². The van der Waals surface area contributed by atoms with Crippen molar-refractivity contribution in [1.29, 1.82) is 0 Å². The summed E-state index contributed by atoms with van der Waals surface area (Å²) in [5, 5.41) is 27.2. The monoisotopic (exact) mass is 1050 g/mol. The average Bonchev–Trinajstić information content (AvgIpc) is 3.25. The minimum absolute atomic E-state index is 0.0181. The molecule has 0 spiro atoms. The summed E-state index contributed by atoms with van der Waals surface area (Å²) in [6.07, 6.45) is 0.696. The second-order valence-corrected chi connectivity index (χ2v) is 17.2. The summed E-state index contributed by atoms with van der Waals surface area (Å²) in [5.74, 6) is -4.32. The highest BCUT2D eigenvalue weighted by molar-refractivity contribution is 6.46. The quantitative estimate of drug-likeness (QED) is 0.0430. The zero-order chi connectivity index (χ0) is 48.6. The van der Waals surface area contributed by atoms with Crippen LogP contribution in [-0.4, -0.2) is 47.3 Å². The highest BCUT2D eigenvalue weighted by Crippen LogP contribution is 2.37. The van der Waals surface area contributed by atoms with E-state index in [0.717, 1.165) is 13.8 Å². The number of azo groups is 2. The zero-order valence-electron chi connectivity index (χ0n) is 34.8. The lowest BCUT2D eigenvalue weighted by molar-refractivity contribution is -0.127. The van der Waals surface area contributed by atoms with Crippen LogP contribution in [-0.2, 0) is 32.0 Å². The summed E-state index contributed by atoms with van der Waals surface area (Å²) < 4.78 is 0. The molecule has 342 valence electrons. The molecule has 0 aliphatic heterocycles. The maximum atomic E-state index is 13.6. The van der Waals surface area contributed by atoms with Crippen LogP contribution in [0.15, 0.2) is 93.3 Å². The SMILES string of the molecule is CCc1cc(NC(=O)C(N=Nc2cccc(C(=O)Nc3cc(Cl)cc(Cl)c3Cl)c2Cl)C(C)=O)c(CC)cc1NC(=O)C(N=Nc1cccc(C(=O)Nc2cc(Cl)cc(Cl)c2Cl)c1Cl)C(C)=O. The Kier molecular flexibility index (Phi) is 18.1. The molecule has 14 nitrogen and oxygen atoms in total. The molecule has 4 N–H and O–H groups in total. The highest BCUT2D eigenvalue weighted by Gasteiger charge is 2.28. The Morgan fingerprint density at radius 1 is 0.485 bits per heavy atom. The van der Waals surface area contributed by atoms with Gasteiger partial charge in [-0.1, -0.05) is 119 Å². The molecule has 5 aromatic rings. The lowest BCUT2D eigenvalue weighted by Crippen LogP contribution is -2.33. The Hall–Kier alpha value is -5.16. The standard InChI is InChI=1S/C44H34Cl8N8O6/c1-5-21-13-32(54-44(66)40(20(4)62)60-58-30-12-8-10-26(36(30)50)42(64)56-34-18-24(46)16-28(48)38(34)52)22(6-2)14-31(21)53-43(65)39(19(3)61)59-57-29-11-7-9-25(35(29)49)41(63)55-33-17-23(45)15-27(47)37(33)51/h7-18,39-40H,5-6H2,1-4H3,(H,53,65)(H,54,66)(H,55,63)(H,56,64). The maximum Gasteiger partial charge on any atom is 0.258 e. The Balaban J connectivity index is 1.32. The van der Waals surface area contributed by atoms with Gasteiger partial charge in [0, 0.05) is 21.4 Å². The van der Waals surface area contributed by atoms with Crippen molar-refractivity contribution in [2.75, 3.05) is 21.3 Å². The van der Waals surface area contributed by atoms with Gasteiger partial charge in [-0.15, -0.1) is 0 Å². The molecule has 0 radical (unpaired) electrons. The summed E-state index contributed by atoms with van der Waals surface area (Å²) in [6.45, 7) is 5.92. The molecular formula is C44H34Cl8N8O6. The first-order valence-electron chi connectivity index (χ1n) is 19.3. The van der Waals surface area contributed by atoms with Gasteiger partial charge in [-0.05, 0) is 98.5 Å². The van der Waals surface area contributed by atoms with Gasteiger partial charge in [0.1, 0.15) is 11.4 Å². The molecular weight excluding hydrogens is 1020 g/mol. The lowest BCUT2D eigenvalue weighted by atomic mass is 10.0. The number of hydrogen-bond donors (Lipinski definition) is 4. The van der Waals surface area contributed by atoms with Gasteiger partial charge < -0.3 is 21.3 Å². The predicted molar refractivity (Wildman–Crippen MR) is 262 cm³/mol. The van der Waals surface area contributed by atoms with E-state index in [2.05, 4.69) is 41.7 Å². The molecule has 0 aliphatic carbocycles. The molecule has 22 heteroatoms. The third-order valence-electron chi connectivity index (χ3n) is 9.36. The molecule has 0 saturated heterocycles. The van der Waals surface area contributed by atoms with Crippen LogP contribution in [0.2, 0.25) is 40.2 Å². The van der Waals surface area contributed by atoms with Gasteiger partial charge in [0.25, 0.3) is 23.6 Å². The number of aryl methyl sites for hydroxylation is 2. The number of anilines is 4. The first-order chi connectivity index (χ1) is 31.2. The fourth-order valence-corrected chi connectivity index (χ4v) is 7.80. The molecule has 4 amide bonds. The van der Waals surface area contributed by atoms with Crippen LogP contribution in [0.25, 0.3) is 0 Å². The van der Waals surface area contributed by atoms with Crippen LogP contribution in [0.4, 0.5) is 34.1 Å². The molecule has 0 aromatic heterocycles. The van der Waals surface area contributed by atoms with E-state index in [4.69, 9.17) is 92.8 Å². The Morgan fingerprint density at radius 3 is 1.18 bits per heavy atom. The smallest absolute Gasteiger partial charge is 0.258 e. The van der Waals surface area contributed by atoms with Crippen molar-refractivity contribution in [3.8, 4) is 0 Å². The number of amides is 4. The minimum Gasteiger partial charge on any atom is -0.323 e. The summed E-state index contributed by atoms with van der Waals surface area (Å²) >= 11 is 49.8. The summed E-state index contributed by atoms with van der Waals surface area (Å²) in [4.78, 5) is 79.1. The number of hydrogen-bond acceptors (Lipinski definition) is 10. The van der Waals surface area contributed by atoms with Gasteiger partial charge in [-0.25, -0.2) is 0 Å². The predicted octanol–water partition coefficient (Wildman–Crippen LogP) is 13.9. The third kappa shape index (κ3) is 12.6. The van der Waals surface area contributed by atoms with E-state index in [1.807, 2.05) is 0 Å². The normalized spacial score (nSPS) is 12.2. The van der Waals surface area contributed by atoms with Crippen molar-refractivity contribution < 1.29 is 28.8 Å². The molecule has 0 heterocycles. The van der Waals surface area contributed by atoms with Gasteiger partial charge in [0.2, 0.25) is 12.1 Å². The summed E-state index contributed by atoms with van der Waals surface area (Å²) in [5.41, 5.74) is 1.89. The second-order valence-electron chi connectivity index (χ2n) is 14.0. The highest BCUT2D eigenvalue weighted by atomic mass is 35.5. The molecule has 0 aliphatic rings. The summed E-state index contributed by atoms with van der Waals surface area (Å²) in [6, 6.07) is 14.2. The molecule has 2 unspecified atom stereocenters. The fraction of sp³-hybridized carbons (Fsp3) is 0.182. The van der Waals surface area contributed by atoms with Gasteiger partial charge in [-0.3, -0.25) is 28.8 Å². The number of carbonyl (C=O) groups excluding carboxylic acids is 6. The van der Waals surface area contributed by atoms with E-state index in [-0.39, 0.29) is 74.1 Å². The lowest BCUT2D eigenvalue weighted by Gasteiger charge is -2.18. The molecule has 2 atom stereocenters. The Morgan fingerprint density at radius 2 is 0.848 bits per heavy atom. The van der Waals surface area contributed by atoms with Crippen molar-refractivity contribution in [1.82, 2.24) is 0 Å². The van der Waals surface area contributed by atoms with Crippen LogP contribution >= 0.6 is 92.8 Å². The average molecular weight is 1050 g/mol. The molecule has 66 heavy (non-hydrogen) atoms. The largest absolute Gasteiger partial charge is 0.323 e. The number of rotatable bonds is 16. The van der Waals surface area contributed by atoms with Crippen LogP contribution in [0.3, 0.4) is 0 Å². The number of nitrogens with zero attached hydrogens (tertiary/aromatic N) is 4. The van der Waals surface area contributed by atoms with Crippen LogP contribution in [0.5, 0.6) is 0 Å². The second kappa shape index (κ2) is 23.0. The molecule has 5 aromatic carbocycles. The fourth-order valence-electron chi connectivity index (χ4n) is 6.00. The van der Waals surface area contributed by atoms with Crippen molar-refractivity contribution in [3.63, 3.8) is 0 Å². The number of nitrogens with one attached hydrogen (secondary N) is 4. The Bertz CT molecular complexity index is 2670. The maximum absolute atomic E-state index is 13.6. The van der Waals surface area contributed by atoms with E-state index < -0.39 is 47.3 Å². The topological polar surface area (TPSA) is 200 Å². The minimum atomic E-state index is -1.63. The third-order valence-corrected chi connectivity index (χ3v) is 12.2. The van der Waals surface area contributed by atoms with Crippen molar-refractivity contribution >= 4 is 162 Å². The van der Waals surface area contributed by atoms with Crippen molar-refractivity contribution in [2.24, 2.45) is 20.5 Å². The molecule has 0 fully saturated rings. The van der Waals surface area contributed by atoms with Gasteiger partial charge in [0.05, 0.1) is 52.6 Å². The number of benzene rings is 5. The van der Waals surface area contributed by atoms with Crippen LogP contribution < -0.4 is 21.3 Å². The molecule has 5 rings (SSSR count). The zero-order valence-corrected chi connectivity index (χ0v) is 40.8. The number of carbonyl (C=O) groups is 6. The van der Waals surface area contributed by atoms with E-state index in [1.54, 1.807) is 26.0 Å². The van der Waals surface area contributed by atoms with E-state index in [1.165, 1.54) is 60.7 Å². The van der Waals surface area contributed by atoms with Crippen LogP contribution in [0.1, 0.15) is 59.5 Å². The first kappa shape index (κ1) is 51.8. The van der Waals surface area contributed by atoms with Crippen molar-refractivity contribution in [3.05, 3.63) is 135 Å². The van der Waals surface area contributed by atoms with Gasteiger partial charge >= 0.3 is 0 Å². The van der Waals surface area contributed by atoms with Gasteiger partial charge in [0.15, 0.2) is 11.6 Å². The number of ketones is 2. The number of Topliss-reactive ketones (excluding diaryl/α,β-unsaturated/α-hetero) is 2. The molecule has 0 saturated carbocycles. The first-order valence-corrected chi connectivity index (χ1v) is 22.4. The van der Waals surface area contributed by atoms with E-state index in [0.29, 0.717) is 35.3 Å². The van der Waals surface area contributed by atoms with Gasteiger partial charge in [-0.2, -0.15) is 20.5 Å².